The molecule has 1 aliphatic carbocycles. The van der Waals surface area contributed by atoms with Crippen molar-refractivity contribution in [2.75, 3.05) is 6.54 Å². The van der Waals surface area contributed by atoms with E-state index < -0.39 is 16.0 Å². The predicted molar refractivity (Wildman–Crippen MR) is 146 cm³/mol. The summed E-state index contributed by atoms with van der Waals surface area (Å²) in [5.41, 5.74) is 1.59. The second kappa shape index (κ2) is 10.9. The minimum Gasteiger partial charge on any atom is -0.491 e. The molecule has 1 aromatic heterocycles. The Hall–Kier alpha value is -2.98. The number of fused-ring (bicyclic) bond motifs is 1. The molecule has 0 bridgehead atoms. The second-order valence-electron chi connectivity index (χ2n) is 11.0. The van der Waals surface area contributed by atoms with E-state index in [1.54, 1.807) is 35.0 Å². The Balaban J connectivity index is 1.55. The van der Waals surface area contributed by atoms with Gasteiger partial charge in [0.15, 0.2) is 0 Å². The zero-order chi connectivity index (χ0) is 27.9. The first-order valence-corrected chi connectivity index (χ1v) is 15.2. The third-order valence-corrected chi connectivity index (χ3v) is 9.91. The zero-order valence-electron chi connectivity index (χ0n) is 22.6. The summed E-state index contributed by atoms with van der Waals surface area (Å²) >= 11 is 0. The fourth-order valence-corrected chi connectivity index (χ4v) is 7.99. The number of nitrogens with zero attached hydrogens (tertiary/aromatic N) is 3. The molecule has 2 heterocycles. The van der Waals surface area contributed by atoms with Crippen molar-refractivity contribution in [3.05, 3.63) is 53.5 Å². The molecule has 2 aromatic carbocycles. The highest BCUT2D eigenvalue weighted by Gasteiger charge is 2.41. The summed E-state index contributed by atoms with van der Waals surface area (Å²) in [4.78, 5) is 11.8. The van der Waals surface area contributed by atoms with Gasteiger partial charge in [-0.1, -0.05) is 19.8 Å². The van der Waals surface area contributed by atoms with Crippen molar-refractivity contribution in [1.82, 2.24) is 14.1 Å². The first-order valence-electron chi connectivity index (χ1n) is 13.8. The van der Waals surface area contributed by atoms with Gasteiger partial charge < -0.3 is 9.84 Å². The number of carboxylic acids is 1. The van der Waals surface area contributed by atoms with Crippen molar-refractivity contribution in [2.24, 2.45) is 0 Å². The van der Waals surface area contributed by atoms with Crippen LogP contribution in [0.15, 0.2) is 41.3 Å². The molecule has 3 aromatic rings. The van der Waals surface area contributed by atoms with E-state index in [9.17, 15) is 18.3 Å². The molecule has 1 saturated heterocycles. The van der Waals surface area contributed by atoms with Gasteiger partial charge in [0.25, 0.3) is 0 Å². The quantitative estimate of drug-likeness (QED) is 0.364. The van der Waals surface area contributed by atoms with Gasteiger partial charge in [0.05, 0.1) is 34.7 Å². The van der Waals surface area contributed by atoms with E-state index in [0.717, 1.165) is 25.7 Å². The second-order valence-corrected chi connectivity index (χ2v) is 12.9. The normalized spacial score (nSPS) is 20.8. The third kappa shape index (κ3) is 5.28. The fraction of sp³-hybridized carbons (Fsp3) is 0.517. The first kappa shape index (κ1) is 27.6. The standard InChI is InChI=1S/C29H36FN3O5S/c1-4-20-15-21(17-32(20)39(36,37)23-11-9-22(10-12-23)38-18(2)3)33-29-24(26(31-33)16-27(34)35)13-14-25(30)28(29)19-7-5-6-8-19/h9-14,18-21H,4-8,15-17H2,1-3H3,(H,34,35)/t20-,21+/m0/s1. The van der Waals surface area contributed by atoms with Gasteiger partial charge in [-0.15, -0.1) is 0 Å². The summed E-state index contributed by atoms with van der Waals surface area (Å²) < 4.78 is 51.9. The van der Waals surface area contributed by atoms with Crippen molar-refractivity contribution < 1.29 is 27.4 Å². The average Bonchev–Trinajstić information content (AvgIpc) is 3.63. The minimum atomic E-state index is -3.82. The van der Waals surface area contributed by atoms with Crippen molar-refractivity contribution in [2.45, 2.75) is 94.7 Å². The molecule has 2 aliphatic rings. The molecule has 2 fully saturated rings. The van der Waals surface area contributed by atoms with Gasteiger partial charge >= 0.3 is 5.97 Å². The summed E-state index contributed by atoms with van der Waals surface area (Å²) in [6.45, 7) is 5.95. The fourth-order valence-electron chi connectivity index (χ4n) is 6.24. The Bertz CT molecular complexity index is 1460. The number of hydrogen-bond donors (Lipinski definition) is 1. The monoisotopic (exact) mass is 557 g/mol. The summed E-state index contributed by atoms with van der Waals surface area (Å²) in [7, 11) is -3.82. The van der Waals surface area contributed by atoms with Crippen LogP contribution in [0.1, 0.15) is 82.5 Å². The van der Waals surface area contributed by atoms with Crippen LogP contribution in [0.25, 0.3) is 10.9 Å². The maximum atomic E-state index is 15.4. The number of aromatic nitrogens is 2. The topological polar surface area (TPSA) is 102 Å². The Morgan fingerprint density at radius 1 is 1.15 bits per heavy atom. The lowest BCUT2D eigenvalue weighted by Gasteiger charge is -2.23. The Kier molecular flexibility index (Phi) is 7.70. The summed E-state index contributed by atoms with van der Waals surface area (Å²) in [6, 6.07) is 8.88. The molecule has 0 spiro atoms. The van der Waals surface area contributed by atoms with Gasteiger partial charge in [0.2, 0.25) is 10.0 Å². The van der Waals surface area contributed by atoms with Crippen LogP contribution in [0.2, 0.25) is 0 Å². The SMILES string of the molecule is CC[C@H]1C[C@@H](n2nc(CC(=O)O)c3ccc(F)c(C4CCCC4)c32)CN1S(=O)(=O)c1ccc(OC(C)C)cc1. The Labute approximate surface area is 228 Å². The average molecular weight is 558 g/mol. The highest BCUT2D eigenvalue weighted by atomic mass is 32.2. The molecular formula is C29H36FN3O5S. The Morgan fingerprint density at radius 2 is 1.85 bits per heavy atom. The predicted octanol–water partition coefficient (Wildman–Crippen LogP) is 5.66. The van der Waals surface area contributed by atoms with Gasteiger partial charge in [-0.2, -0.15) is 9.40 Å². The maximum absolute atomic E-state index is 15.4. The van der Waals surface area contributed by atoms with Crippen LogP contribution < -0.4 is 4.74 Å². The van der Waals surface area contributed by atoms with Gasteiger partial charge in [0, 0.05) is 23.5 Å². The van der Waals surface area contributed by atoms with Crippen molar-refractivity contribution in [1.29, 1.82) is 0 Å². The van der Waals surface area contributed by atoms with E-state index in [1.165, 1.54) is 10.4 Å². The molecule has 1 N–H and O–H groups in total. The molecule has 10 heteroatoms. The van der Waals surface area contributed by atoms with E-state index in [2.05, 4.69) is 0 Å². The van der Waals surface area contributed by atoms with E-state index in [4.69, 9.17) is 9.84 Å². The number of carbonyl (C=O) groups is 1. The lowest BCUT2D eigenvalue weighted by molar-refractivity contribution is -0.136. The zero-order valence-corrected chi connectivity index (χ0v) is 23.5. The van der Waals surface area contributed by atoms with Gasteiger partial charge in [-0.05, 0) is 81.8 Å². The number of carboxylic acid groups (broad SMARTS) is 1. The molecule has 210 valence electrons. The van der Waals surface area contributed by atoms with E-state index in [0.29, 0.717) is 40.8 Å². The summed E-state index contributed by atoms with van der Waals surface area (Å²) in [5, 5.41) is 14.9. The van der Waals surface area contributed by atoms with Crippen molar-refractivity contribution in [3.8, 4) is 5.75 Å². The number of aliphatic carboxylic acids is 1. The van der Waals surface area contributed by atoms with Crippen LogP contribution in [0.3, 0.4) is 0 Å². The smallest absolute Gasteiger partial charge is 0.309 e. The van der Waals surface area contributed by atoms with Crippen LogP contribution in [-0.4, -0.2) is 52.3 Å². The number of rotatable bonds is 9. The molecule has 2 atom stereocenters. The van der Waals surface area contributed by atoms with Gasteiger partial charge in [-0.25, -0.2) is 12.8 Å². The van der Waals surface area contributed by atoms with Crippen LogP contribution in [-0.2, 0) is 21.2 Å². The van der Waals surface area contributed by atoms with Crippen LogP contribution in [0.5, 0.6) is 5.75 Å². The maximum Gasteiger partial charge on any atom is 0.309 e. The molecule has 1 saturated carbocycles. The molecular weight excluding hydrogens is 521 g/mol. The summed E-state index contributed by atoms with van der Waals surface area (Å²) in [5.74, 6) is -0.682. The minimum absolute atomic E-state index is 0.0230. The number of sulfonamides is 1. The van der Waals surface area contributed by atoms with E-state index >= 15 is 4.39 Å². The lowest BCUT2D eigenvalue weighted by Crippen LogP contribution is -2.35. The molecule has 0 unspecified atom stereocenters. The Morgan fingerprint density at radius 3 is 2.46 bits per heavy atom. The first-order chi connectivity index (χ1) is 18.6. The van der Waals surface area contributed by atoms with Crippen molar-refractivity contribution in [3.63, 3.8) is 0 Å². The van der Waals surface area contributed by atoms with Crippen LogP contribution >= 0.6 is 0 Å². The number of benzene rings is 2. The summed E-state index contributed by atoms with van der Waals surface area (Å²) in [6.07, 6.45) is 4.59. The van der Waals surface area contributed by atoms with E-state index in [-0.39, 0.29) is 47.8 Å². The van der Waals surface area contributed by atoms with Crippen molar-refractivity contribution >= 4 is 26.9 Å². The highest BCUT2D eigenvalue weighted by Crippen LogP contribution is 2.42. The largest absolute Gasteiger partial charge is 0.491 e. The molecule has 0 radical (unpaired) electrons. The highest BCUT2D eigenvalue weighted by molar-refractivity contribution is 7.89. The van der Waals surface area contributed by atoms with E-state index in [1.807, 2.05) is 20.8 Å². The van der Waals surface area contributed by atoms with Crippen LogP contribution in [0, 0.1) is 5.82 Å². The molecule has 8 nitrogen and oxygen atoms in total. The number of hydrogen-bond acceptors (Lipinski definition) is 5. The number of halogens is 1. The molecule has 5 rings (SSSR count). The molecule has 39 heavy (non-hydrogen) atoms. The molecule has 1 aliphatic heterocycles. The third-order valence-electron chi connectivity index (χ3n) is 7.98. The number of ether oxygens (including phenoxy) is 1. The lowest BCUT2D eigenvalue weighted by atomic mass is 9.94. The molecule has 0 amide bonds. The van der Waals surface area contributed by atoms with Gasteiger partial charge in [0.1, 0.15) is 11.6 Å². The van der Waals surface area contributed by atoms with Crippen LogP contribution in [0.4, 0.5) is 4.39 Å². The van der Waals surface area contributed by atoms with Gasteiger partial charge in [-0.3, -0.25) is 9.48 Å².